The van der Waals surface area contributed by atoms with Crippen LogP contribution in [0.25, 0.3) is 10.9 Å². The summed E-state index contributed by atoms with van der Waals surface area (Å²) in [6, 6.07) is 7.68. The van der Waals surface area contributed by atoms with E-state index in [-0.39, 0.29) is 11.3 Å². The van der Waals surface area contributed by atoms with Crippen LogP contribution in [-0.4, -0.2) is 33.4 Å². The lowest BCUT2D eigenvalue weighted by molar-refractivity contribution is -0.118. The molecule has 1 aliphatic rings. The van der Waals surface area contributed by atoms with Crippen molar-refractivity contribution in [3.05, 3.63) is 51.4 Å². The molecule has 0 saturated carbocycles. The van der Waals surface area contributed by atoms with E-state index >= 15 is 0 Å². The van der Waals surface area contributed by atoms with Gasteiger partial charge in [0.2, 0.25) is 5.95 Å². The molecule has 1 fully saturated rings. The van der Waals surface area contributed by atoms with Crippen LogP contribution in [0.1, 0.15) is 51.5 Å². The van der Waals surface area contributed by atoms with E-state index in [1.807, 2.05) is 31.2 Å². The number of pyridine rings is 1. The largest absolute Gasteiger partial charge is 0.341 e. The first-order chi connectivity index (χ1) is 16.4. The number of piperidine rings is 1. The van der Waals surface area contributed by atoms with Gasteiger partial charge in [0, 0.05) is 49.6 Å². The maximum absolute atomic E-state index is 12.7. The number of nitrogens with one attached hydrogen (secondary N) is 1. The molecule has 0 aliphatic carbocycles. The van der Waals surface area contributed by atoms with Crippen molar-refractivity contribution >= 4 is 45.7 Å². The van der Waals surface area contributed by atoms with Gasteiger partial charge in [-0.1, -0.05) is 31.9 Å². The highest BCUT2D eigenvalue weighted by Crippen LogP contribution is 2.29. The minimum atomic E-state index is -0.0626. The van der Waals surface area contributed by atoms with E-state index < -0.39 is 0 Å². The smallest absolute Gasteiger partial charge is 0.253 e. The summed E-state index contributed by atoms with van der Waals surface area (Å²) in [5.74, 6) is 2.18. The normalized spacial score (nSPS) is 14.5. The average molecular weight is 482 g/mol. The van der Waals surface area contributed by atoms with E-state index in [0.29, 0.717) is 41.6 Å². The van der Waals surface area contributed by atoms with E-state index in [4.69, 9.17) is 16.6 Å². The molecule has 0 bridgehead atoms. The van der Waals surface area contributed by atoms with Gasteiger partial charge in [0.15, 0.2) is 5.82 Å². The number of hydrogen-bond donors (Lipinski definition) is 1. The molecule has 4 rings (SSSR count). The third kappa shape index (κ3) is 5.25. The first-order valence-corrected chi connectivity index (χ1v) is 12.5. The molecule has 0 radical (unpaired) electrons. The van der Waals surface area contributed by atoms with Crippen molar-refractivity contribution < 1.29 is 4.79 Å². The van der Waals surface area contributed by atoms with E-state index in [1.54, 1.807) is 17.8 Å². The molecule has 180 valence electrons. The second kappa shape index (κ2) is 10.6. The molecule has 8 heteroatoms. The van der Waals surface area contributed by atoms with E-state index in [0.717, 1.165) is 48.4 Å². The highest BCUT2D eigenvalue weighted by molar-refractivity contribution is 6.32. The van der Waals surface area contributed by atoms with Gasteiger partial charge in [0.05, 0.1) is 11.7 Å². The number of anilines is 3. The molecule has 0 spiro atoms. The van der Waals surface area contributed by atoms with Crippen molar-refractivity contribution in [2.45, 2.75) is 52.4 Å². The molecule has 0 unspecified atom stereocenters. The average Bonchev–Trinajstić information content (AvgIpc) is 2.86. The Balaban J connectivity index is 1.59. The monoisotopic (exact) mass is 481 g/mol. The summed E-state index contributed by atoms with van der Waals surface area (Å²) in [5, 5.41) is 4.69. The molecule has 1 aliphatic heterocycles. The number of Topliss-reactive ketones (excluding diaryl/α,β-unsaturated/α-hetero) is 1. The van der Waals surface area contributed by atoms with Crippen LogP contribution in [0, 0.1) is 5.92 Å². The second-order valence-corrected chi connectivity index (χ2v) is 9.44. The second-order valence-electron chi connectivity index (χ2n) is 9.03. The number of ketones is 1. The zero-order valence-corrected chi connectivity index (χ0v) is 20.9. The number of fused-ring (bicyclic) bond motifs is 1. The molecule has 0 amide bonds. The van der Waals surface area contributed by atoms with Gasteiger partial charge in [0.1, 0.15) is 10.8 Å². The molecule has 3 aromatic rings. The fourth-order valence-electron chi connectivity index (χ4n) is 4.53. The summed E-state index contributed by atoms with van der Waals surface area (Å²) in [5.41, 5.74) is 2.23. The van der Waals surface area contributed by atoms with E-state index in [9.17, 15) is 9.59 Å². The maximum atomic E-state index is 12.7. The van der Waals surface area contributed by atoms with Crippen LogP contribution in [-0.2, 0) is 18.3 Å². The number of hydrogen-bond acceptors (Lipinski definition) is 6. The van der Waals surface area contributed by atoms with Crippen molar-refractivity contribution in [3.63, 3.8) is 0 Å². The number of halogens is 1. The maximum Gasteiger partial charge on any atom is 0.253 e. The van der Waals surface area contributed by atoms with E-state index in [1.165, 1.54) is 6.42 Å². The predicted octanol–water partition coefficient (Wildman–Crippen LogP) is 5.26. The number of rotatable bonds is 8. The fraction of sp³-hybridized carbons (Fsp3) is 0.462. The highest BCUT2D eigenvalue weighted by atomic mass is 35.5. The summed E-state index contributed by atoms with van der Waals surface area (Å²) in [6.07, 6.45) is 6.48. The van der Waals surface area contributed by atoms with Crippen LogP contribution in [0.3, 0.4) is 0 Å². The van der Waals surface area contributed by atoms with Gasteiger partial charge in [0.25, 0.3) is 5.56 Å². The van der Waals surface area contributed by atoms with Gasteiger partial charge in [-0.15, -0.1) is 0 Å². The molecule has 2 aromatic heterocycles. The SMILES string of the molecule is CCC(=O)CCc1cc2cc(Nc3nc(N4CCC(CC)CC4)ncc3Cl)ccc2n(C)c1=O. The molecule has 1 aromatic carbocycles. The molecule has 34 heavy (non-hydrogen) atoms. The van der Waals surface area contributed by atoms with Gasteiger partial charge in [-0.25, -0.2) is 4.98 Å². The lowest BCUT2D eigenvalue weighted by Crippen LogP contribution is -2.34. The molecule has 1 saturated heterocycles. The van der Waals surface area contributed by atoms with Crippen LogP contribution in [0.15, 0.2) is 35.3 Å². The number of benzene rings is 1. The Morgan fingerprint density at radius 2 is 1.97 bits per heavy atom. The van der Waals surface area contributed by atoms with Gasteiger partial charge in [-0.05, 0) is 49.4 Å². The first-order valence-electron chi connectivity index (χ1n) is 12.1. The molecule has 7 nitrogen and oxygen atoms in total. The van der Waals surface area contributed by atoms with Crippen molar-refractivity contribution in [2.75, 3.05) is 23.3 Å². The minimum Gasteiger partial charge on any atom is -0.341 e. The minimum absolute atomic E-state index is 0.0626. The molecule has 1 N–H and O–H groups in total. The Hall–Kier alpha value is -2.93. The third-order valence-electron chi connectivity index (χ3n) is 6.83. The van der Waals surface area contributed by atoms with Crippen LogP contribution in [0.2, 0.25) is 5.02 Å². The Bertz CT molecular complexity index is 1250. The predicted molar refractivity (Wildman–Crippen MR) is 138 cm³/mol. The van der Waals surface area contributed by atoms with Crippen LogP contribution < -0.4 is 15.8 Å². The van der Waals surface area contributed by atoms with E-state index in [2.05, 4.69) is 22.1 Å². The Morgan fingerprint density at radius 3 is 2.68 bits per heavy atom. The van der Waals surface area contributed by atoms with Crippen LogP contribution >= 0.6 is 11.6 Å². The summed E-state index contributed by atoms with van der Waals surface area (Å²) < 4.78 is 1.64. The first kappa shape index (κ1) is 24.2. The summed E-state index contributed by atoms with van der Waals surface area (Å²) in [7, 11) is 1.76. The summed E-state index contributed by atoms with van der Waals surface area (Å²) in [4.78, 5) is 35.9. The Morgan fingerprint density at radius 1 is 1.21 bits per heavy atom. The number of nitrogens with zero attached hydrogens (tertiary/aromatic N) is 4. The quantitative estimate of drug-likeness (QED) is 0.472. The Labute approximate surface area is 205 Å². The topological polar surface area (TPSA) is 80.1 Å². The number of aromatic nitrogens is 3. The molecular weight excluding hydrogens is 450 g/mol. The fourth-order valence-corrected chi connectivity index (χ4v) is 4.67. The van der Waals surface area contributed by atoms with Crippen molar-refractivity contribution in [1.82, 2.24) is 14.5 Å². The summed E-state index contributed by atoms with van der Waals surface area (Å²) in [6.45, 7) is 5.99. The third-order valence-corrected chi connectivity index (χ3v) is 7.11. The lowest BCUT2D eigenvalue weighted by atomic mass is 9.95. The van der Waals surface area contributed by atoms with Crippen molar-refractivity contribution in [3.8, 4) is 0 Å². The molecular formula is C26H32ClN5O2. The Kier molecular flexibility index (Phi) is 7.51. The van der Waals surface area contributed by atoms with Gasteiger partial charge in [-0.3, -0.25) is 9.59 Å². The van der Waals surface area contributed by atoms with Crippen molar-refractivity contribution in [1.29, 1.82) is 0 Å². The zero-order valence-electron chi connectivity index (χ0n) is 20.1. The zero-order chi connectivity index (χ0) is 24.2. The standard InChI is InChI=1S/C26H32ClN5O2/c1-4-17-10-12-32(13-11-17)26-28-16-22(27)24(30-26)29-20-7-9-23-19(15-20)14-18(25(34)31(23)3)6-8-21(33)5-2/h7,9,14-17H,4-6,8,10-13H2,1-3H3,(H,28,29,30). The number of carbonyl (C=O) groups excluding carboxylic acids is 1. The van der Waals surface area contributed by atoms with Gasteiger partial charge in [-0.2, -0.15) is 4.98 Å². The van der Waals surface area contributed by atoms with Crippen LogP contribution in [0.4, 0.5) is 17.5 Å². The molecule has 0 atom stereocenters. The summed E-state index contributed by atoms with van der Waals surface area (Å²) >= 11 is 6.42. The molecule has 3 heterocycles. The van der Waals surface area contributed by atoms with Crippen molar-refractivity contribution in [2.24, 2.45) is 13.0 Å². The highest BCUT2D eigenvalue weighted by Gasteiger charge is 2.20. The van der Waals surface area contributed by atoms with Crippen LogP contribution in [0.5, 0.6) is 0 Å². The van der Waals surface area contributed by atoms with Gasteiger partial charge < -0.3 is 14.8 Å². The lowest BCUT2D eigenvalue weighted by Gasteiger charge is -2.31. The van der Waals surface area contributed by atoms with Gasteiger partial charge >= 0.3 is 0 Å². The number of carbonyl (C=O) groups is 1. The number of aryl methyl sites for hydroxylation is 2.